The number of para-hydroxylation sites is 2. The first-order valence-corrected chi connectivity index (χ1v) is 6.35. The van der Waals surface area contributed by atoms with Crippen LogP contribution in [0.2, 0.25) is 0 Å². The maximum absolute atomic E-state index is 5.31. The molecule has 3 heteroatoms. The van der Waals surface area contributed by atoms with Gasteiger partial charge in [0.2, 0.25) is 0 Å². The van der Waals surface area contributed by atoms with Crippen LogP contribution >= 0.6 is 11.8 Å². The van der Waals surface area contributed by atoms with Crippen LogP contribution in [0.5, 0.6) is 5.75 Å². The van der Waals surface area contributed by atoms with E-state index in [1.807, 2.05) is 30.0 Å². The fourth-order valence-electron chi connectivity index (χ4n) is 1.90. The summed E-state index contributed by atoms with van der Waals surface area (Å²) in [7, 11) is 1.71. The van der Waals surface area contributed by atoms with Gasteiger partial charge in [-0.2, -0.15) is 11.8 Å². The molecule has 0 saturated carbocycles. The van der Waals surface area contributed by atoms with Crippen LogP contribution in [0.1, 0.15) is 13.3 Å². The van der Waals surface area contributed by atoms with E-state index in [9.17, 15) is 0 Å². The van der Waals surface area contributed by atoms with Gasteiger partial charge < -0.3 is 10.1 Å². The third kappa shape index (κ3) is 2.59. The molecule has 1 aliphatic rings. The maximum Gasteiger partial charge on any atom is 0.141 e. The Hall–Kier alpha value is -0.830. The number of thioether (sulfide) groups is 1. The zero-order valence-corrected chi connectivity index (χ0v) is 10.0. The Kier molecular flexibility index (Phi) is 3.41. The van der Waals surface area contributed by atoms with Gasteiger partial charge in [-0.1, -0.05) is 19.1 Å². The molecule has 82 valence electrons. The average molecular weight is 223 g/mol. The minimum absolute atomic E-state index is 0.585. The van der Waals surface area contributed by atoms with E-state index in [-0.39, 0.29) is 0 Å². The third-order valence-electron chi connectivity index (χ3n) is 2.66. The molecule has 0 spiro atoms. The molecule has 2 unspecified atom stereocenters. The minimum Gasteiger partial charge on any atom is -0.495 e. The van der Waals surface area contributed by atoms with Gasteiger partial charge in [0, 0.05) is 17.0 Å². The molecule has 0 aromatic heterocycles. The lowest BCUT2D eigenvalue weighted by atomic mass is 10.2. The number of ether oxygens (including phenoxy) is 1. The van der Waals surface area contributed by atoms with Crippen molar-refractivity contribution >= 4 is 17.4 Å². The van der Waals surface area contributed by atoms with Gasteiger partial charge in [0.15, 0.2) is 0 Å². The Labute approximate surface area is 95.4 Å². The SMILES string of the molecule is COc1ccccc1NC1CSC(C)C1. The largest absolute Gasteiger partial charge is 0.495 e. The fraction of sp³-hybridized carbons (Fsp3) is 0.500. The lowest BCUT2D eigenvalue weighted by Crippen LogP contribution is -2.19. The van der Waals surface area contributed by atoms with E-state index in [2.05, 4.69) is 18.3 Å². The van der Waals surface area contributed by atoms with E-state index in [1.165, 1.54) is 12.2 Å². The molecule has 1 saturated heterocycles. The Morgan fingerprint density at radius 1 is 1.40 bits per heavy atom. The van der Waals surface area contributed by atoms with Gasteiger partial charge in [-0.15, -0.1) is 0 Å². The molecular weight excluding hydrogens is 206 g/mol. The molecule has 1 aromatic rings. The molecule has 1 fully saturated rings. The van der Waals surface area contributed by atoms with E-state index in [0.717, 1.165) is 16.7 Å². The monoisotopic (exact) mass is 223 g/mol. The molecule has 15 heavy (non-hydrogen) atoms. The van der Waals surface area contributed by atoms with Crippen molar-refractivity contribution in [3.05, 3.63) is 24.3 Å². The number of anilines is 1. The van der Waals surface area contributed by atoms with E-state index in [4.69, 9.17) is 4.74 Å². The number of methoxy groups -OCH3 is 1. The summed E-state index contributed by atoms with van der Waals surface area (Å²) in [6.07, 6.45) is 1.24. The molecule has 0 bridgehead atoms. The lowest BCUT2D eigenvalue weighted by Gasteiger charge is -2.15. The molecule has 1 N–H and O–H groups in total. The topological polar surface area (TPSA) is 21.3 Å². The molecule has 0 amide bonds. The standard InChI is InChI=1S/C12H17NOS/c1-9-7-10(8-15-9)13-11-5-3-4-6-12(11)14-2/h3-6,9-10,13H,7-8H2,1-2H3. The van der Waals surface area contributed by atoms with Gasteiger partial charge in [0.25, 0.3) is 0 Å². The van der Waals surface area contributed by atoms with Crippen molar-refractivity contribution in [3.8, 4) is 5.75 Å². The summed E-state index contributed by atoms with van der Waals surface area (Å²) < 4.78 is 5.31. The molecule has 2 atom stereocenters. The Balaban J connectivity index is 2.04. The zero-order valence-electron chi connectivity index (χ0n) is 9.19. The van der Waals surface area contributed by atoms with Gasteiger partial charge in [-0.25, -0.2) is 0 Å². The number of hydrogen-bond donors (Lipinski definition) is 1. The summed E-state index contributed by atoms with van der Waals surface area (Å²) in [6, 6.07) is 8.69. The second-order valence-corrected chi connectivity index (χ2v) is 5.39. The quantitative estimate of drug-likeness (QED) is 0.851. The summed E-state index contributed by atoms with van der Waals surface area (Å²) in [4.78, 5) is 0. The van der Waals surface area contributed by atoms with E-state index >= 15 is 0 Å². The summed E-state index contributed by atoms with van der Waals surface area (Å²) in [5.41, 5.74) is 1.11. The molecule has 1 aromatic carbocycles. The maximum atomic E-state index is 5.31. The second-order valence-electron chi connectivity index (χ2n) is 3.92. The normalized spacial score (nSPS) is 25.2. The fourth-order valence-corrected chi connectivity index (χ4v) is 3.05. The van der Waals surface area contributed by atoms with E-state index in [0.29, 0.717) is 6.04 Å². The molecule has 1 heterocycles. The van der Waals surface area contributed by atoms with Crippen LogP contribution in [0.25, 0.3) is 0 Å². The number of hydrogen-bond acceptors (Lipinski definition) is 3. The van der Waals surface area contributed by atoms with Gasteiger partial charge in [-0.3, -0.25) is 0 Å². The highest BCUT2D eigenvalue weighted by Crippen LogP contribution is 2.31. The number of nitrogens with one attached hydrogen (secondary N) is 1. The zero-order chi connectivity index (χ0) is 10.7. The van der Waals surface area contributed by atoms with Crippen LogP contribution in [-0.4, -0.2) is 24.2 Å². The molecule has 0 radical (unpaired) electrons. The third-order valence-corrected chi connectivity index (χ3v) is 4.02. The van der Waals surface area contributed by atoms with Crippen molar-refractivity contribution in [2.24, 2.45) is 0 Å². The molecule has 2 nitrogen and oxygen atoms in total. The van der Waals surface area contributed by atoms with Crippen LogP contribution < -0.4 is 10.1 Å². The van der Waals surface area contributed by atoms with Gasteiger partial charge >= 0.3 is 0 Å². The summed E-state index contributed by atoms with van der Waals surface area (Å²) in [5.74, 6) is 2.13. The number of benzene rings is 1. The van der Waals surface area contributed by atoms with Crippen molar-refractivity contribution < 1.29 is 4.74 Å². The van der Waals surface area contributed by atoms with Crippen molar-refractivity contribution in [1.29, 1.82) is 0 Å². The molecule has 0 aliphatic carbocycles. The van der Waals surface area contributed by atoms with Crippen LogP contribution in [0.3, 0.4) is 0 Å². The Bertz CT molecular complexity index is 329. The van der Waals surface area contributed by atoms with Crippen LogP contribution in [-0.2, 0) is 0 Å². The highest BCUT2D eigenvalue weighted by molar-refractivity contribution is 8.00. The minimum atomic E-state index is 0.585. The Morgan fingerprint density at radius 3 is 2.87 bits per heavy atom. The predicted molar refractivity (Wildman–Crippen MR) is 66.9 cm³/mol. The number of rotatable bonds is 3. The molecule has 2 rings (SSSR count). The summed E-state index contributed by atoms with van der Waals surface area (Å²) in [6.45, 7) is 2.29. The van der Waals surface area contributed by atoms with Crippen LogP contribution in [0.15, 0.2) is 24.3 Å². The lowest BCUT2D eigenvalue weighted by molar-refractivity contribution is 0.416. The predicted octanol–water partition coefficient (Wildman–Crippen LogP) is 3.00. The first-order chi connectivity index (χ1) is 7.29. The summed E-state index contributed by atoms with van der Waals surface area (Å²) in [5, 5.41) is 4.32. The van der Waals surface area contributed by atoms with E-state index < -0.39 is 0 Å². The summed E-state index contributed by atoms with van der Waals surface area (Å²) >= 11 is 2.03. The first-order valence-electron chi connectivity index (χ1n) is 5.30. The van der Waals surface area contributed by atoms with Crippen LogP contribution in [0, 0.1) is 0 Å². The second kappa shape index (κ2) is 4.79. The van der Waals surface area contributed by atoms with Gasteiger partial charge in [-0.05, 0) is 18.6 Å². The first kappa shape index (κ1) is 10.7. The van der Waals surface area contributed by atoms with Crippen molar-refractivity contribution in [2.45, 2.75) is 24.6 Å². The average Bonchev–Trinajstić information content (AvgIpc) is 2.65. The Morgan fingerprint density at radius 2 is 2.20 bits per heavy atom. The van der Waals surface area contributed by atoms with E-state index in [1.54, 1.807) is 7.11 Å². The highest BCUT2D eigenvalue weighted by Gasteiger charge is 2.22. The van der Waals surface area contributed by atoms with Crippen molar-refractivity contribution in [3.63, 3.8) is 0 Å². The van der Waals surface area contributed by atoms with Gasteiger partial charge in [0.1, 0.15) is 5.75 Å². The van der Waals surface area contributed by atoms with Gasteiger partial charge in [0.05, 0.1) is 12.8 Å². The van der Waals surface area contributed by atoms with Crippen molar-refractivity contribution in [2.75, 3.05) is 18.2 Å². The van der Waals surface area contributed by atoms with Crippen LogP contribution in [0.4, 0.5) is 5.69 Å². The molecular formula is C12H17NOS. The highest BCUT2D eigenvalue weighted by atomic mass is 32.2. The van der Waals surface area contributed by atoms with Crippen molar-refractivity contribution in [1.82, 2.24) is 0 Å². The smallest absolute Gasteiger partial charge is 0.141 e. The molecule has 1 aliphatic heterocycles.